The molecule has 0 aliphatic carbocycles. The van der Waals surface area contributed by atoms with Crippen LogP contribution in [0.15, 0.2) is 24.3 Å². The van der Waals surface area contributed by atoms with Crippen molar-refractivity contribution in [2.24, 2.45) is 0 Å². The Hall–Kier alpha value is -1.99. The highest BCUT2D eigenvalue weighted by molar-refractivity contribution is 6.00. The summed E-state index contributed by atoms with van der Waals surface area (Å²) < 4.78 is 0. The van der Waals surface area contributed by atoms with Crippen LogP contribution in [0.25, 0.3) is 0 Å². The van der Waals surface area contributed by atoms with Gasteiger partial charge >= 0.3 is 0 Å². The third-order valence-electron chi connectivity index (χ3n) is 2.91. The largest absolute Gasteiger partial charge is 0.302 e. The van der Waals surface area contributed by atoms with Crippen molar-refractivity contribution in [1.29, 1.82) is 0 Å². The van der Waals surface area contributed by atoms with Gasteiger partial charge in [0.2, 0.25) is 11.8 Å². The molecule has 1 fully saturated rings. The maximum atomic E-state index is 11.5. The van der Waals surface area contributed by atoms with E-state index < -0.39 is 11.0 Å². The Morgan fingerprint density at radius 2 is 2.15 bits per heavy atom. The summed E-state index contributed by atoms with van der Waals surface area (Å²) in [6.45, 7) is 0.341. The standard InChI is InChI=1S/C12H13N3O4.ClH/c16-11-5-4-10(12(17)14-11)13-7-8-2-1-3-9(6-8)15(18)19;/h1-3,6,10,13H,4-5,7H2,(H,14,16,17);1H. The third-order valence-corrected chi connectivity index (χ3v) is 2.91. The summed E-state index contributed by atoms with van der Waals surface area (Å²) in [6, 6.07) is 5.77. The number of nitro benzene ring substituents is 1. The lowest BCUT2D eigenvalue weighted by Crippen LogP contribution is -2.50. The van der Waals surface area contributed by atoms with Crippen LogP contribution in [0, 0.1) is 10.1 Å². The van der Waals surface area contributed by atoms with Crippen LogP contribution in [0.3, 0.4) is 0 Å². The predicted octanol–water partition coefficient (Wildman–Crippen LogP) is 0.911. The fourth-order valence-electron chi connectivity index (χ4n) is 1.91. The minimum atomic E-state index is -0.463. The molecule has 0 bridgehead atoms. The Bertz CT molecular complexity index is 535. The molecule has 2 N–H and O–H groups in total. The first kappa shape index (κ1) is 16.1. The van der Waals surface area contributed by atoms with E-state index in [4.69, 9.17) is 0 Å². The number of hydrogen-bond acceptors (Lipinski definition) is 5. The van der Waals surface area contributed by atoms with Crippen molar-refractivity contribution < 1.29 is 14.5 Å². The van der Waals surface area contributed by atoms with Crippen molar-refractivity contribution in [1.82, 2.24) is 10.6 Å². The normalized spacial score (nSPS) is 18.1. The smallest absolute Gasteiger partial charge is 0.269 e. The second-order valence-electron chi connectivity index (χ2n) is 4.31. The van der Waals surface area contributed by atoms with Gasteiger partial charge in [0, 0.05) is 25.1 Å². The predicted molar refractivity (Wildman–Crippen MR) is 73.4 cm³/mol. The number of hydrogen-bond donors (Lipinski definition) is 2. The molecule has 1 aromatic carbocycles. The zero-order valence-electron chi connectivity index (χ0n) is 10.5. The van der Waals surface area contributed by atoms with Gasteiger partial charge in [-0.3, -0.25) is 25.0 Å². The number of piperidine rings is 1. The molecule has 0 radical (unpaired) electrons. The highest BCUT2D eigenvalue weighted by Gasteiger charge is 2.25. The molecule has 8 heteroatoms. The van der Waals surface area contributed by atoms with E-state index in [1.54, 1.807) is 12.1 Å². The van der Waals surface area contributed by atoms with E-state index in [1.165, 1.54) is 12.1 Å². The molecule has 108 valence electrons. The van der Waals surface area contributed by atoms with Crippen molar-refractivity contribution in [3.63, 3.8) is 0 Å². The first-order valence-electron chi connectivity index (χ1n) is 5.86. The van der Waals surface area contributed by atoms with Crippen molar-refractivity contribution in [2.75, 3.05) is 0 Å². The lowest BCUT2D eigenvalue weighted by atomic mass is 10.1. The molecular weight excluding hydrogens is 286 g/mol. The van der Waals surface area contributed by atoms with Crippen molar-refractivity contribution in [3.8, 4) is 0 Å². The van der Waals surface area contributed by atoms with Crippen LogP contribution in [0.2, 0.25) is 0 Å². The average Bonchev–Trinajstić information content (AvgIpc) is 2.38. The monoisotopic (exact) mass is 299 g/mol. The van der Waals surface area contributed by atoms with E-state index in [2.05, 4.69) is 10.6 Å². The van der Waals surface area contributed by atoms with E-state index in [1.807, 2.05) is 0 Å². The Balaban J connectivity index is 0.00000200. The summed E-state index contributed by atoms with van der Waals surface area (Å²) in [4.78, 5) is 32.6. The molecule has 1 heterocycles. The maximum absolute atomic E-state index is 11.5. The van der Waals surface area contributed by atoms with Crippen LogP contribution in [0.1, 0.15) is 18.4 Å². The molecule has 2 amide bonds. The molecule has 1 saturated heterocycles. The zero-order valence-corrected chi connectivity index (χ0v) is 11.3. The Kier molecular flexibility index (Phi) is 5.60. The quantitative estimate of drug-likeness (QED) is 0.489. The van der Waals surface area contributed by atoms with Gasteiger partial charge in [0.05, 0.1) is 11.0 Å². The van der Waals surface area contributed by atoms with Crippen LogP contribution >= 0.6 is 12.4 Å². The highest BCUT2D eigenvalue weighted by atomic mass is 35.5. The molecule has 0 aromatic heterocycles. The number of non-ortho nitro benzene ring substituents is 1. The SMILES string of the molecule is Cl.O=C1CCC(NCc2cccc([N+](=O)[O-])c2)C(=O)N1. The van der Waals surface area contributed by atoms with Gasteiger partial charge in [0.1, 0.15) is 0 Å². The fourth-order valence-corrected chi connectivity index (χ4v) is 1.91. The second kappa shape index (κ2) is 6.97. The number of carbonyl (C=O) groups excluding carboxylic acids is 2. The van der Waals surface area contributed by atoms with Gasteiger partial charge in [0.15, 0.2) is 0 Å². The maximum Gasteiger partial charge on any atom is 0.269 e. The molecule has 2 rings (SSSR count). The minimum Gasteiger partial charge on any atom is -0.302 e. The van der Waals surface area contributed by atoms with E-state index >= 15 is 0 Å². The topological polar surface area (TPSA) is 101 Å². The van der Waals surface area contributed by atoms with Crippen molar-refractivity contribution >= 4 is 29.9 Å². The van der Waals surface area contributed by atoms with E-state index in [0.29, 0.717) is 19.4 Å². The van der Waals surface area contributed by atoms with Gasteiger partial charge in [-0.1, -0.05) is 12.1 Å². The molecule has 20 heavy (non-hydrogen) atoms. The zero-order chi connectivity index (χ0) is 13.8. The van der Waals surface area contributed by atoms with Crippen LogP contribution in [0.5, 0.6) is 0 Å². The lowest BCUT2D eigenvalue weighted by Gasteiger charge is -2.21. The highest BCUT2D eigenvalue weighted by Crippen LogP contribution is 2.13. The first-order chi connectivity index (χ1) is 9.06. The van der Waals surface area contributed by atoms with Gasteiger partial charge in [-0.2, -0.15) is 0 Å². The number of rotatable bonds is 4. The lowest BCUT2D eigenvalue weighted by molar-refractivity contribution is -0.384. The molecule has 7 nitrogen and oxygen atoms in total. The molecule has 0 saturated carbocycles. The summed E-state index contributed by atoms with van der Waals surface area (Å²) in [7, 11) is 0. The average molecular weight is 300 g/mol. The molecule has 1 aromatic rings. The number of carbonyl (C=O) groups is 2. The van der Waals surface area contributed by atoms with Crippen LogP contribution in [-0.2, 0) is 16.1 Å². The number of amides is 2. The van der Waals surface area contributed by atoms with Crippen LogP contribution in [0.4, 0.5) is 5.69 Å². The van der Waals surface area contributed by atoms with Crippen LogP contribution in [-0.4, -0.2) is 22.8 Å². The van der Waals surface area contributed by atoms with Gasteiger partial charge in [-0.25, -0.2) is 0 Å². The fraction of sp³-hybridized carbons (Fsp3) is 0.333. The van der Waals surface area contributed by atoms with Gasteiger partial charge in [0.25, 0.3) is 5.69 Å². The molecule has 1 aliphatic rings. The van der Waals surface area contributed by atoms with Gasteiger partial charge in [-0.05, 0) is 12.0 Å². The van der Waals surface area contributed by atoms with Gasteiger partial charge < -0.3 is 5.32 Å². The summed E-state index contributed by atoms with van der Waals surface area (Å²) in [5, 5.41) is 15.9. The number of imide groups is 1. The molecule has 1 atom stereocenters. The van der Waals surface area contributed by atoms with E-state index in [9.17, 15) is 19.7 Å². The van der Waals surface area contributed by atoms with Crippen LogP contribution < -0.4 is 10.6 Å². The Morgan fingerprint density at radius 3 is 2.80 bits per heavy atom. The Labute approximate surface area is 121 Å². The first-order valence-corrected chi connectivity index (χ1v) is 5.86. The Morgan fingerprint density at radius 1 is 1.40 bits per heavy atom. The van der Waals surface area contributed by atoms with Crippen molar-refractivity contribution in [3.05, 3.63) is 39.9 Å². The molecule has 1 aliphatic heterocycles. The molecule has 1 unspecified atom stereocenters. The number of halogens is 1. The second-order valence-corrected chi connectivity index (χ2v) is 4.31. The summed E-state index contributed by atoms with van der Waals surface area (Å²) in [5.41, 5.74) is 0.737. The van der Waals surface area contributed by atoms with E-state index in [0.717, 1.165) is 5.56 Å². The number of nitro groups is 1. The van der Waals surface area contributed by atoms with Crippen molar-refractivity contribution in [2.45, 2.75) is 25.4 Å². The van der Waals surface area contributed by atoms with Gasteiger partial charge in [-0.15, -0.1) is 12.4 Å². The summed E-state index contributed by atoms with van der Waals surface area (Å²) in [5.74, 6) is -0.611. The number of benzene rings is 1. The number of nitrogens with one attached hydrogen (secondary N) is 2. The molecule has 0 spiro atoms. The summed E-state index contributed by atoms with van der Waals surface area (Å²) in [6.07, 6.45) is 0.748. The third kappa shape index (κ3) is 4.01. The number of nitrogens with zero attached hydrogens (tertiary/aromatic N) is 1. The van der Waals surface area contributed by atoms with E-state index in [-0.39, 0.29) is 29.9 Å². The molecular formula is C12H14ClN3O4. The minimum absolute atomic E-state index is 0. The summed E-state index contributed by atoms with van der Waals surface area (Å²) >= 11 is 0.